The van der Waals surface area contributed by atoms with Gasteiger partial charge in [-0.05, 0) is 18.2 Å². The Morgan fingerprint density at radius 3 is 3.17 bits per heavy atom. The van der Waals surface area contributed by atoms with Gasteiger partial charge < -0.3 is 10.2 Å². The zero-order valence-corrected chi connectivity index (χ0v) is 7.71. The van der Waals surface area contributed by atoms with Crippen molar-refractivity contribution in [2.24, 2.45) is 0 Å². The van der Waals surface area contributed by atoms with Gasteiger partial charge in [-0.25, -0.2) is 0 Å². The highest BCUT2D eigenvalue weighted by atomic mass is 32.1. The van der Waals surface area contributed by atoms with E-state index >= 15 is 0 Å². The molecule has 2 heterocycles. The van der Waals surface area contributed by atoms with Gasteiger partial charge in [0.1, 0.15) is 0 Å². The number of aromatic nitrogens is 3. The molecule has 1 aliphatic heterocycles. The Kier molecular flexibility index (Phi) is 2.18. The first-order chi connectivity index (χ1) is 5.88. The van der Waals surface area contributed by atoms with Gasteiger partial charge in [-0.1, -0.05) is 9.59 Å². The molecular formula is C6H11N5S. The first-order valence-electron chi connectivity index (χ1n) is 3.96. The highest BCUT2D eigenvalue weighted by Crippen LogP contribution is 2.17. The summed E-state index contributed by atoms with van der Waals surface area (Å²) < 4.78 is 3.73. The maximum absolute atomic E-state index is 3.92. The molecule has 1 atom stereocenters. The summed E-state index contributed by atoms with van der Waals surface area (Å²) in [5, 5.41) is 11.7. The minimum atomic E-state index is 0.555. The number of anilines is 1. The van der Waals surface area contributed by atoms with Gasteiger partial charge in [0, 0.05) is 31.2 Å². The summed E-state index contributed by atoms with van der Waals surface area (Å²) in [4.78, 5) is 2.14. The fraction of sp³-hybridized carbons (Fsp3) is 0.833. The van der Waals surface area contributed by atoms with Crippen LogP contribution in [-0.2, 0) is 0 Å². The van der Waals surface area contributed by atoms with E-state index in [1.54, 1.807) is 0 Å². The average Bonchev–Trinajstić information content (AvgIpc) is 2.77. The minimum absolute atomic E-state index is 0.555. The molecule has 0 aliphatic carbocycles. The Morgan fingerprint density at radius 1 is 1.67 bits per heavy atom. The molecule has 1 aliphatic rings. The van der Waals surface area contributed by atoms with Gasteiger partial charge in [0.2, 0.25) is 5.13 Å². The molecule has 0 amide bonds. The second-order valence-electron chi connectivity index (χ2n) is 2.90. The van der Waals surface area contributed by atoms with Crippen molar-refractivity contribution < 1.29 is 0 Å². The predicted molar refractivity (Wildman–Crippen MR) is 47.4 cm³/mol. The van der Waals surface area contributed by atoms with E-state index < -0.39 is 0 Å². The highest BCUT2D eigenvalue weighted by molar-refractivity contribution is 7.09. The molecule has 0 radical (unpaired) electrons. The van der Waals surface area contributed by atoms with Crippen LogP contribution in [0.25, 0.3) is 0 Å². The minimum Gasteiger partial charge on any atom is -0.344 e. The van der Waals surface area contributed by atoms with Gasteiger partial charge in [0.15, 0.2) is 0 Å². The van der Waals surface area contributed by atoms with Crippen LogP contribution in [0.4, 0.5) is 5.13 Å². The van der Waals surface area contributed by atoms with Crippen LogP contribution >= 0.6 is 11.5 Å². The zero-order valence-electron chi connectivity index (χ0n) is 6.90. The molecule has 1 fully saturated rings. The second-order valence-corrected chi connectivity index (χ2v) is 3.61. The Morgan fingerprint density at radius 2 is 2.58 bits per heavy atom. The smallest absolute Gasteiger partial charge is 0.227 e. The van der Waals surface area contributed by atoms with Gasteiger partial charge in [0.05, 0.1) is 0 Å². The molecule has 66 valence electrons. The lowest BCUT2D eigenvalue weighted by atomic mass is 10.2. The van der Waals surface area contributed by atoms with E-state index in [0.29, 0.717) is 6.04 Å². The van der Waals surface area contributed by atoms with Crippen molar-refractivity contribution in [2.45, 2.75) is 12.5 Å². The molecule has 2 rings (SSSR count). The molecule has 5 nitrogen and oxygen atoms in total. The van der Waals surface area contributed by atoms with Gasteiger partial charge in [-0.15, -0.1) is 0 Å². The van der Waals surface area contributed by atoms with Gasteiger partial charge in [-0.2, -0.15) is 0 Å². The number of nitrogens with one attached hydrogen (secondary N) is 1. The molecule has 12 heavy (non-hydrogen) atoms. The summed E-state index contributed by atoms with van der Waals surface area (Å²) >= 11 is 1.34. The molecule has 1 N–H and O–H groups in total. The third-order valence-corrected chi connectivity index (χ3v) is 2.86. The normalized spacial score (nSPS) is 22.9. The van der Waals surface area contributed by atoms with Crippen molar-refractivity contribution in [3.8, 4) is 0 Å². The highest BCUT2D eigenvalue weighted by Gasteiger charge is 2.21. The SMILES string of the molecule is CN(c1nnns1)C1CCNC1. The van der Waals surface area contributed by atoms with Crippen LogP contribution in [-0.4, -0.2) is 41.0 Å². The van der Waals surface area contributed by atoms with Crippen LogP contribution in [0.2, 0.25) is 0 Å². The lowest BCUT2D eigenvalue weighted by Gasteiger charge is -2.21. The monoisotopic (exact) mass is 185 g/mol. The Balaban J connectivity index is 2.04. The van der Waals surface area contributed by atoms with Crippen molar-refractivity contribution in [1.29, 1.82) is 0 Å². The maximum atomic E-state index is 3.92. The molecule has 0 saturated carbocycles. The lowest BCUT2D eigenvalue weighted by molar-refractivity contribution is 0.679. The topological polar surface area (TPSA) is 53.9 Å². The average molecular weight is 185 g/mol. The lowest BCUT2D eigenvalue weighted by Crippen LogP contribution is -2.33. The van der Waals surface area contributed by atoms with Crippen LogP contribution < -0.4 is 10.2 Å². The standard InChI is InChI=1S/C6H11N5S/c1-11(5-2-3-7-4-5)6-8-9-10-12-6/h5,7H,2-4H2,1H3. The second kappa shape index (κ2) is 3.32. The van der Waals surface area contributed by atoms with Gasteiger partial charge in [0.25, 0.3) is 0 Å². The number of rotatable bonds is 2. The van der Waals surface area contributed by atoms with Crippen LogP contribution in [0.1, 0.15) is 6.42 Å². The third-order valence-electron chi connectivity index (χ3n) is 2.17. The number of nitrogens with zero attached hydrogens (tertiary/aromatic N) is 4. The molecule has 1 aromatic heterocycles. The number of likely N-dealkylation sites (N-methyl/N-ethyl adjacent to an activating group) is 1. The molecule has 0 aromatic carbocycles. The maximum Gasteiger partial charge on any atom is 0.227 e. The fourth-order valence-electron chi connectivity index (χ4n) is 1.39. The van der Waals surface area contributed by atoms with Crippen LogP contribution in [0.3, 0.4) is 0 Å². The first-order valence-corrected chi connectivity index (χ1v) is 4.74. The molecule has 1 aromatic rings. The number of hydrogen-bond acceptors (Lipinski definition) is 6. The van der Waals surface area contributed by atoms with E-state index in [9.17, 15) is 0 Å². The van der Waals surface area contributed by atoms with Crippen LogP contribution in [0.15, 0.2) is 0 Å². The molecular weight excluding hydrogens is 174 g/mol. The third kappa shape index (κ3) is 1.39. The molecule has 0 spiro atoms. The summed E-state index contributed by atoms with van der Waals surface area (Å²) in [5.41, 5.74) is 0. The number of hydrogen-bond donors (Lipinski definition) is 1. The molecule has 1 saturated heterocycles. The fourth-order valence-corrected chi connectivity index (χ4v) is 1.89. The van der Waals surface area contributed by atoms with Gasteiger partial charge >= 0.3 is 0 Å². The Hall–Kier alpha value is -0.750. The van der Waals surface area contributed by atoms with E-state index in [-0.39, 0.29) is 0 Å². The summed E-state index contributed by atoms with van der Waals surface area (Å²) in [6.45, 7) is 2.14. The van der Waals surface area contributed by atoms with E-state index in [4.69, 9.17) is 0 Å². The van der Waals surface area contributed by atoms with E-state index in [1.165, 1.54) is 18.0 Å². The Bertz CT molecular complexity index is 230. The van der Waals surface area contributed by atoms with E-state index in [1.807, 2.05) is 7.05 Å². The van der Waals surface area contributed by atoms with Crippen LogP contribution in [0, 0.1) is 0 Å². The van der Waals surface area contributed by atoms with Crippen LogP contribution in [0.5, 0.6) is 0 Å². The van der Waals surface area contributed by atoms with E-state index in [0.717, 1.165) is 18.2 Å². The van der Waals surface area contributed by atoms with E-state index in [2.05, 4.69) is 25.0 Å². The predicted octanol–water partition coefficient (Wildman–Crippen LogP) is -0.269. The Labute approximate surface area is 74.9 Å². The first kappa shape index (κ1) is 7.88. The molecule has 6 heteroatoms. The van der Waals surface area contributed by atoms with Gasteiger partial charge in [-0.3, -0.25) is 0 Å². The quantitative estimate of drug-likeness (QED) is 0.687. The van der Waals surface area contributed by atoms with Crippen molar-refractivity contribution in [3.63, 3.8) is 0 Å². The summed E-state index contributed by atoms with van der Waals surface area (Å²) in [7, 11) is 2.04. The summed E-state index contributed by atoms with van der Waals surface area (Å²) in [6, 6.07) is 0.555. The van der Waals surface area contributed by atoms with Crippen molar-refractivity contribution in [1.82, 2.24) is 20.1 Å². The molecule has 1 unspecified atom stereocenters. The van der Waals surface area contributed by atoms with Crippen molar-refractivity contribution >= 4 is 16.7 Å². The largest absolute Gasteiger partial charge is 0.344 e. The zero-order chi connectivity index (χ0) is 8.39. The van der Waals surface area contributed by atoms with Crippen molar-refractivity contribution in [2.75, 3.05) is 25.0 Å². The summed E-state index contributed by atoms with van der Waals surface area (Å²) in [5.74, 6) is 0. The van der Waals surface area contributed by atoms with Crippen molar-refractivity contribution in [3.05, 3.63) is 0 Å². The summed E-state index contributed by atoms with van der Waals surface area (Å²) in [6.07, 6.45) is 1.18. The molecule has 0 bridgehead atoms.